The summed E-state index contributed by atoms with van der Waals surface area (Å²) in [5.74, 6) is 0.836. The monoisotopic (exact) mass is 271 g/mol. The van der Waals surface area contributed by atoms with Gasteiger partial charge in [0.1, 0.15) is 5.75 Å². The van der Waals surface area contributed by atoms with Crippen LogP contribution >= 0.6 is 27.3 Å². The Bertz CT molecular complexity index is 466. The van der Waals surface area contributed by atoms with Crippen molar-refractivity contribution in [1.29, 1.82) is 0 Å². The van der Waals surface area contributed by atoms with Crippen molar-refractivity contribution in [3.05, 3.63) is 22.0 Å². The minimum absolute atomic E-state index is 0.663. The number of fused-ring (bicyclic) bond motifs is 1. The molecule has 0 fully saturated rings. The lowest BCUT2D eigenvalue weighted by molar-refractivity contribution is 0.341. The number of hydrogen-bond donors (Lipinski definition) is 1. The Morgan fingerprint density at radius 1 is 1.43 bits per heavy atom. The van der Waals surface area contributed by atoms with Gasteiger partial charge >= 0.3 is 0 Å². The summed E-state index contributed by atoms with van der Waals surface area (Å²) >= 11 is 5.09. The molecule has 2 nitrogen and oxygen atoms in total. The summed E-state index contributed by atoms with van der Waals surface area (Å²) in [5.41, 5.74) is 6.69. The van der Waals surface area contributed by atoms with Crippen LogP contribution in [0.1, 0.15) is 6.92 Å². The number of halogens is 1. The van der Waals surface area contributed by atoms with Gasteiger partial charge in [0, 0.05) is 6.07 Å². The lowest BCUT2D eigenvalue weighted by Gasteiger charge is -2.04. The SMILES string of the molecule is CCOc1cc(N)c2sc(Br)cc2c1. The Morgan fingerprint density at radius 3 is 2.93 bits per heavy atom. The van der Waals surface area contributed by atoms with E-state index in [1.807, 2.05) is 19.1 Å². The molecule has 2 rings (SSSR count). The van der Waals surface area contributed by atoms with E-state index >= 15 is 0 Å². The lowest BCUT2D eigenvalue weighted by atomic mass is 10.2. The molecule has 14 heavy (non-hydrogen) atoms. The van der Waals surface area contributed by atoms with Crippen LogP contribution in [0.3, 0.4) is 0 Å². The molecule has 2 aromatic rings. The molecule has 0 spiro atoms. The normalized spacial score (nSPS) is 10.7. The molecule has 0 aliphatic rings. The molecule has 0 amide bonds. The van der Waals surface area contributed by atoms with Gasteiger partial charge in [-0.25, -0.2) is 0 Å². The van der Waals surface area contributed by atoms with Gasteiger partial charge in [0.2, 0.25) is 0 Å². The van der Waals surface area contributed by atoms with E-state index in [0.29, 0.717) is 6.61 Å². The van der Waals surface area contributed by atoms with Crippen LogP contribution in [-0.4, -0.2) is 6.61 Å². The van der Waals surface area contributed by atoms with Crippen LogP contribution in [0, 0.1) is 0 Å². The van der Waals surface area contributed by atoms with E-state index in [9.17, 15) is 0 Å². The van der Waals surface area contributed by atoms with Crippen molar-refractivity contribution < 1.29 is 4.74 Å². The highest BCUT2D eigenvalue weighted by atomic mass is 79.9. The minimum Gasteiger partial charge on any atom is -0.494 e. The van der Waals surface area contributed by atoms with Crippen molar-refractivity contribution in [1.82, 2.24) is 0 Å². The fourth-order valence-electron chi connectivity index (χ4n) is 1.37. The lowest BCUT2D eigenvalue weighted by Crippen LogP contribution is -1.92. The standard InChI is InChI=1S/C10H10BrNOS/c1-2-13-7-3-6-4-9(11)14-10(6)8(12)5-7/h3-5H,2,12H2,1H3. The van der Waals surface area contributed by atoms with Crippen molar-refractivity contribution in [2.75, 3.05) is 12.3 Å². The topological polar surface area (TPSA) is 35.2 Å². The molecule has 0 unspecified atom stereocenters. The molecule has 0 atom stereocenters. The van der Waals surface area contributed by atoms with Gasteiger partial charge < -0.3 is 10.5 Å². The van der Waals surface area contributed by atoms with Gasteiger partial charge in [0.15, 0.2) is 0 Å². The molecule has 0 bridgehead atoms. The average Bonchev–Trinajstić information content (AvgIpc) is 2.47. The van der Waals surface area contributed by atoms with Crippen LogP contribution in [0.5, 0.6) is 5.75 Å². The number of anilines is 1. The molecule has 1 aromatic heterocycles. The first kappa shape index (κ1) is 9.80. The summed E-state index contributed by atoms with van der Waals surface area (Å²) < 4.78 is 7.62. The number of nitrogens with two attached hydrogens (primary N) is 1. The molecule has 0 saturated heterocycles. The average molecular weight is 272 g/mol. The van der Waals surface area contributed by atoms with Crippen LogP contribution in [-0.2, 0) is 0 Å². The first-order chi connectivity index (χ1) is 6.70. The summed E-state index contributed by atoms with van der Waals surface area (Å²) in [4.78, 5) is 0. The van der Waals surface area contributed by atoms with Gasteiger partial charge in [-0.05, 0) is 40.4 Å². The number of ether oxygens (including phenoxy) is 1. The molecule has 0 saturated carbocycles. The van der Waals surface area contributed by atoms with Crippen molar-refractivity contribution in [2.45, 2.75) is 6.92 Å². The summed E-state index contributed by atoms with van der Waals surface area (Å²) in [6, 6.07) is 5.93. The summed E-state index contributed by atoms with van der Waals surface area (Å²) in [5, 5.41) is 1.13. The van der Waals surface area contributed by atoms with Crippen LogP contribution < -0.4 is 10.5 Å². The van der Waals surface area contributed by atoms with Crippen LogP contribution in [0.4, 0.5) is 5.69 Å². The maximum atomic E-state index is 5.91. The van der Waals surface area contributed by atoms with Gasteiger partial charge in [0.05, 0.1) is 20.8 Å². The minimum atomic E-state index is 0.663. The van der Waals surface area contributed by atoms with E-state index in [1.54, 1.807) is 11.3 Å². The Balaban J connectivity index is 2.59. The quantitative estimate of drug-likeness (QED) is 0.847. The smallest absolute Gasteiger partial charge is 0.122 e. The fourth-order valence-corrected chi connectivity index (χ4v) is 2.90. The van der Waals surface area contributed by atoms with Crippen molar-refractivity contribution in [3.63, 3.8) is 0 Å². The summed E-state index contributed by atoms with van der Waals surface area (Å²) in [7, 11) is 0. The van der Waals surface area contributed by atoms with E-state index in [0.717, 1.165) is 25.3 Å². The first-order valence-electron chi connectivity index (χ1n) is 4.32. The van der Waals surface area contributed by atoms with E-state index in [4.69, 9.17) is 10.5 Å². The van der Waals surface area contributed by atoms with Crippen LogP contribution in [0.25, 0.3) is 10.1 Å². The number of nitrogen functional groups attached to an aromatic ring is 1. The van der Waals surface area contributed by atoms with Gasteiger partial charge in [-0.1, -0.05) is 0 Å². The van der Waals surface area contributed by atoms with E-state index in [2.05, 4.69) is 22.0 Å². The highest BCUT2D eigenvalue weighted by Crippen LogP contribution is 2.36. The first-order valence-corrected chi connectivity index (χ1v) is 5.93. The van der Waals surface area contributed by atoms with Gasteiger partial charge in [-0.15, -0.1) is 11.3 Å². The second-order valence-corrected chi connectivity index (χ2v) is 5.35. The Morgan fingerprint density at radius 2 is 2.21 bits per heavy atom. The molecular weight excluding hydrogens is 262 g/mol. The van der Waals surface area contributed by atoms with Gasteiger partial charge in [-0.3, -0.25) is 0 Å². The van der Waals surface area contributed by atoms with Crippen LogP contribution in [0.2, 0.25) is 0 Å². The van der Waals surface area contributed by atoms with Gasteiger partial charge in [-0.2, -0.15) is 0 Å². The second kappa shape index (κ2) is 3.79. The molecule has 1 aromatic carbocycles. The summed E-state index contributed by atoms with van der Waals surface area (Å²) in [6.45, 7) is 2.63. The number of hydrogen-bond acceptors (Lipinski definition) is 3. The third kappa shape index (κ3) is 1.72. The predicted octanol–water partition coefficient (Wildman–Crippen LogP) is 3.64. The van der Waals surface area contributed by atoms with Crippen molar-refractivity contribution in [3.8, 4) is 5.75 Å². The fraction of sp³-hybridized carbons (Fsp3) is 0.200. The zero-order chi connectivity index (χ0) is 10.1. The zero-order valence-electron chi connectivity index (χ0n) is 7.71. The highest BCUT2D eigenvalue weighted by Gasteiger charge is 2.05. The molecular formula is C10H10BrNOS. The van der Waals surface area contributed by atoms with E-state index in [1.165, 1.54) is 0 Å². The Labute approximate surface area is 94.8 Å². The Kier molecular flexibility index (Phi) is 2.65. The number of rotatable bonds is 2. The largest absolute Gasteiger partial charge is 0.494 e. The third-order valence-corrected chi connectivity index (χ3v) is 3.60. The highest BCUT2D eigenvalue weighted by molar-refractivity contribution is 9.11. The van der Waals surface area contributed by atoms with E-state index in [-0.39, 0.29) is 0 Å². The Hall–Kier alpha value is -0.740. The number of thiophene rings is 1. The van der Waals surface area contributed by atoms with Crippen molar-refractivity contribution >= 4 is 43.0 Å². The zero-order valence-corrected chi connectivity index (χ0v) is 10.1. The van der Waals surface area contributed by atoms with Crippen LogP contribution in [0.15, 0.2) is 22.0 Å². The number of benzene rings is 1. The van der Waals surface area contributed by atoms with E-state index < -0.39 is 0 Å². The summed E-state index contributed by atoms with van der Waals surface area (Å²) in [6.07, 6.45) is 0. The predicted molar refractivity (Wildman–Crippen MR) is 65.1 cm³/mol. The maximum Gasteiger partial charge on any atom is 0.122 e. The molecule has 0 aliphatic heterocycles. The molecule has 4 heteroatoms. The molecule has 0 radical (unpaired) electrons. The molecule has 1 heterocycles. The molecule has 74 valence electrons. The molecule has 0 aliphatic carbocycles. The van der Waals surface area contributed by atoms with Gasteiger partial charge in [0.25, 0.3) is 0 Å². The second-order valence-electron chi connectivity index (χ2n) is 2.91. The maximum absolute atomic E-state index is 5.91. The molecule has 2 N–H and O–H groups in total. The third-order valence-electron chi connectivity index (χ3n) is 1.90. The van der Waals surface area contributed by atoms with Crippen molar-refractivity contribution in [2.24, 2.45) is 0 Å².